The fourth-order valence-electron chi connectivity index (χ4n) is 1.51. The molecule has 0 aliphatic heterocycles. The van der Waals surface area contributed by atoms with Crippen molar-refractivity contribution in [3.8, 4) is 0 Å². The molecule has 2 rings (SSSR count). The number of hydrogen-bond acceptors (Lipinski definition) is 2. The zero-order chi connectivity index (χ0) is 12.1. The molecule has 0 aromatic heterocycles. The predicted molar refractivity (Wildman–Crippen MR) is 83.1 cm³/mol. The van der Waals surface area contributed by atoms with E-state index in [4.69, 9.17) is 5.73 Å². The molecule has 17 heavy (non-hydrogen) atoms. The van der Waals surface area contributed by atoms with E-state index in [1.54, 1.807) is 0 Å². The van der Waals surface area contributed by atoms with Crippen molar-refractivity contribution in [1.82, 2.24) is 0 Å². The maximum atomic E-state index is 5.63. The molecule has 0 fully saturated rings. The summed E-state index contributed by atoms with van der Waals surface area (Å²) in [5, 5.41) is 0. The second kappa shape index (κ2) is 6.42. The highest BCUT2D eigenvalue weighted by Gasteiger charge is 1.98. The molecule has 0 aliphatic carbocycles. The number of rotatable bonds is 4. The average molecular weight is 355 g/mol. The van der Waals surface area contributed by atoms with Crippen molar-refractivity contribution in [3.63, 3.8) is 0 Å². The van der Waals surface area contributed by atoms with Crippen LogP contribution < -0.4 is 5.73 Å². The fourth-order valence-corrected chi connectivity index (χ4v) is 2.80. The summed E-state index contributed by atoms with van der Waals surface area (Å²) in [6.07, 6.45) is 0. The Morgan fingerprint density at radius 2 is 1.76 bits per heavy atom. The first-order chi connectivity index (χ1) is 8.28. The molecule has 0 atom stereocenters. The van der Waals surface area contributed by atoms with Crippen LogP contribution in [0.4, 0.5) is 0 Å². The molecule has 0 bridgehead atoms. The van der Waals surface area contributed by atoms with E-state index in [-0.39, 0.29) is 0 Å². The van der Waals surface area contributed by atoms with Crippen LogP contribution in [0, 0.1) is 3.57 Å². The standard InChI is InChI=1S/C14H14INS/c15-13-6-4-11(5-7-13)10-17-14-3-1-2-12(8-14)9-16/h1-8H,9-10,16H2. The van der Waals surface area contributed by atoms with Gasteiger partial charge >= 0.3 is 0 Å². The first-order valence-corrected chi connectivity index (χ1v) is 7.50. The molecular weight excluding hydrogens is 341 g/mol. The minimum absolute atomic E-state index is 0.609. The van der Waals surface area contributed by atoms with Gasteiger partial charge in [0.05, 0.1) is 0 Å². The third-order valence-corrected chi connectivity index (χ3v) is 4.24. The molecule has 3 heteroatoms. The Kier molecular flexibility index (Phi) is 4.88. The van der Waals surface area contributed by atoms with Crippen molar-refractivity contribution >= 4 is 34.4 Å². The van der Waals surface area contributed by atoms with Crippen LogP contribution in [-0.2, 0) is 12.3 Å². The Morgan fingerprint density at radius 3 is 2.47 bits per heavy atom. The monoisotopic (exact) mass is 355 g/mol. The van der Waals surface area contributed by atoms with Crippen LogP contribution >= 0.6 is 34.4 Å². The maximum absolute atomic E-state index is 5.63. The number of benzene rings is 2. The lowest BCUT2D eigenvalue weighted by molar-refractivity contribution is 1.06. The molecule has 0 aliphatic rings. The Hall–Kier alpha value is -0.520. The first kappa shape index (κ1) is 12.9. The van der Waals surface area contributed by atoms with Crippen LogP contribution in [0.25, 0.3) is 0 Å². The smallest absolute Gasteiger partial charge is 0.0232 e. The summed E-state index contributed by atoms with van der Waals surface area (Å²) < 4.78 is 1.28. The van der Waals surface area contributed by atoms with Gasteiger partial charge in [0.1, 0.15) is 0 Å². The summed E-state index contributed by atoms with van der Waals surface area (Å²) in [6, 6.07) is 17.1. The SMILES string of the molecule is NCc1cccc(SCc2ccc(I)cc2)c1. The van der Waals surface area contributed by atoms with E-state index in [1.807, 2.05) is 11.8 Å². The van der Waals surface area contributed by atoms with Crippen LogP contribution in [0.5, 0.6) is 0 Å². The number of thioether (sulfide) groups is 1. The fraction of sp³-hybridized carbons (Fsp3) is 0.143. The Balaban J connectivity index is 1.99. The third-order valence-electron chi connectivity index (χ3n) is 2.45. The van der Waals surface area contributed by atoms with Crippen molar-refractivity contribution in [3.05, 3.63) is 63.2 Å². The second-order valence-corrected chi connectivity index (χ2v) is 6.06. The summed E-state index contributed by atoms with van der Waals surface area (Å²) in [5.41, 5.74) is 8.18. The maximum Gasteiger partial charge on any atom is 0.0232 e. The summed E-state index contributed by atoms with van der Waals surface area (Å²) in [7, 11) is 0. The van der Waals surface area contributed by atoms with Crippen LogP contribution in [-0.4, -0.2) is 0 Å². The highest BCUT2D eigenvalue weighted by molar-refractivity contribution is 14.1. The summed E-state index contributed by atoms with van der Waals surface area (Å²) in [6.45, 7) is 0.609. The lowest BCUT2D eigenvalue weighted by Crippen LogP contribution is -1.95. The van der Waals surface area contributed by atoms with Gasteiger partial charge < -0.3 is 5.73 Å². The van der Waals surface area contributed by atoms with Gasteiger partial charge in [-0.2, -0.15) is 0 Å². The Labute approximate surface area is 120 Å². The number of hydrogen-bond donors (Lipinski definition) is 1. The van der Waals surface area contributed by atoms with Crippen molar-refractivity contribution in [2.75, 3.05) is 0 Å². The van der Waals surface area contributed by atoms with Crippen LogP contribution in [0.3, 0.4) is 0 Å². The van der Waals surface area contributed by atoms with Crippen molar-refractivity contribution in [2.24, 2.45) is 5.73 Å². The molecule has 2 aromatic rings. The van der Waals surface area contributed by atoms with Gasteiger partial charge in [0, 0.05) is 20.8 Å². The van der Waals surface area contributed by atoms with Gasteiger partial charge in [-0.3, -0.25) is 0 Å². The Morgan fingerprint density at radius 1 is 1.00 bits per heavy atom. The van der Waals surface area contributed by atoms with E-state index in [1.165, 1.54) is 19.6 Å². The summed E-state index contributed by atoms with van der Waals surface area (Å²) in [5.74, 6) is 1.00. The lowest BCUT2D eigenvalue weighted by atomic mass is 10.2. The van der Waals surface area contributed by atoms with E-state index < -0.39 is 0 Å². The van der Waals surface area contributed by atoms with E-state index in [0.29, 0.717) is 6.54 Å². The highest BCUT2D eigenvalue weighted by Crippen LogP contribution is 2.23. The van der Waals surface area contributed by atoms with Crippen LogP contribution in [0.2, 0.25) is 0 Å². The van der Waals surface area contributed by atoms with Gasteiger partial charge in [0.25, 0.3) is 0 Å². The second-order valence-electron chi connectivity index (χ2n) is 3.77. The molecular formula is C14H14INS. The van der Waals surface area contributed by atoms with E-state index in [0.717, 1.165) is 5.75 Å². The van der Waals surface area contributed by atoms with Crippen LogP contribution in [0.15, 0.2) is 53.4 Å². The minimum Gasteiger partial charge on any atom is -0.326 e. The zero-order valence-electron chi connectivity index (χ0n) is 9.40. The quantitative estimate of drug-likeness (QED) is 0.662. The first-order valence-electron chi connectivity index (χ1n) is 5.44. The van der Waals surface area contributed by atoms with Crippen molar-refractivity contribution in [1.29, 1.82) is 0 Å². The number of halogens is 1. The topological polar surface area (TPSA) is 26.0 Å². The predicted octanol–water partition coefficient (Wildman–Crippen LogP) is 4.04. The van der Waals surface area contributed by atoms with Crippen molar-refractivity contribution < 1.29 is 0 Å². The molecule has 0 heterocycles. The highest BCUT2D eigenvalue weighted by atomic mass is 127. The van der Waals surface area contributed by atoms with Gasteiger partial charge in [0.15, 0.2) is 0 Å². The summed E-state index contributed by atoms with van der Waals surface area (Å²) in [4.78, 5) is 1.28. The Bertz CT molecular complexity index is 482. The molecule has 2 N–H and O–H groups in total. The van der Waals surface area contributed by atoms with Gasteiger partial charge in [-0.1, -0.05) is 24.3 Å². The summed E-state index contributed by atoms with van der Waals surface area (Å²) >= 11 is 4.18. The van der Waals surface area contributed by atoms with E-state index in [2.05, 4.69) is 71.1 Å². The van der Waals surface area contributed by atoms with E-state index >= 15 is 0 Å². The molecule has 0 saturated carbocycles. The number of nitrogens with two attached hydrogens (primary N) is 1. The average Bonchev–Trinajstić information content (AvgIpc) is 2.38. The van der Waals surface area contributed by atoms with Gasteiger partial charge in [-0.25, -0.2) is 0 Å². The lowest BCUT2D eigenvalue weighted by Gasteiger charge is -2.04. The molecule has 2 aromatic carbocycles. The minimum atomic E-state index is 0.609. The largest absolute Gasteiger partial charge is 0.326 e. The molecule has 0 spiro atoms. The van der Waals surface area contributed by atoms with Gasteiger partial charge in [-0.05, 0) is 58.0 Å². The van der Waals surface area contributed by atoms with Gasteiger partial charge in [0.2, 0.25) is 0 Å². The molecule has 0 radical (unpaired) electrons. The molecule has 0 unspecified atom stereocenters. The van der Waals surface area contributed by atoms with Crippen LogP contribution in [0.1, 0.15) is 11.1 Å². The van der Waals surface area contributed by atoms with E-state index in [9.17, 15) is 0 Å². The van der Waals surface area contributed by atoms with Crippen molar-refractivity contribution in [2.45, 2.75) is 17.2 Å². The molecule has 0 saturated heterocycles. The molecule has 1 nitrogen and oxygen atoms in total. The zero-order valence-corrected chi connectivity index (χ0v) is 12.4. The van der Waals surface area contributed by atoms with Gasteiger partial charge in [-0.15, -0.1) is 11.8 Å². The normalized spacial score (nSPS) is 10.5. The third kappa shape index (κ3) is 4.01. The molecule has 88 valence electrons. The molecule has 0 amide bonds.